The van der Waals surface area contributed by atoms with Crippen molar-refractivity contribution >= 4 is 23.2 Å². The van der Waals surface area contributed by atoms with Crippen molar-refractivity contribution in [2.24, 2.45) is 0 Å². The number of Topliss-reactive ketones (excluding diaryl/α,β-unsaturated/α-hetero) is 1. The summed E-state index contributed by atoms with van der Waals surface area (Å²) in [6.45, 7) is 3.45. The smallest absolute Gasteiger partial charge is 0.380 e. The summed E-state index contributed by atoms with van der Waals surface area (Å²) in [6.07, 6.45) is -10.0. The molecule has 32 heavy (non-hydrogen) atoms. The molecule has 0 spiro atoms. The summed E-state index contributed by atoms with van der Waals surface area (Å²) in [5, 5.41) is 15.2. The number of nitrogens with one attached hydrogen (secondary N) is 1. The Balaban J connectivity index is 2.79. The van der Waals surface area contributed by atoms with Crippen LogP contribution in [0.25, 0.3) is 5.69 Å². The average molecular weight is 483 g/mol. The van der Waals surface area contributed by atoms with Gasteiger partial charge in [0.05, 0.1) is 22.9 Å². The van der Waals surface area contributed by atoms with Crippen molar-refractivity contribution in [1.29, 1.82) is 5.26 Å². The highest BCUT2D eigenvalue weighted by Gasteiger charge is 2.44. The molecule has 0 unspecified atom stereocenters. The van der Waals surface area contributed by atoms with Gasteiger partial charge in [0.15, 0.2) is 5.69 Å². The third-order valence-electron chi connectivity index (χ3n) is 4.28. The van der Waals surface area contributed by atoms with Crippen LogP contribution in [0.2, 0.25) is 5.02 Å². The zero-order valence-electron chi connectivity index (χ0n) is 16.8. The first-order chi connectivity index (χ1) is 14.9. The summed E-state index contributed by atoms with van der Waals surface area (Å²) in [7, 11) is 0. The number of ketones is 1. The van der Waals surface area contributed by atoms with Gasteiger partial charge in [-0.05, 0) is 31.0 Å². The van der Waals surface area contributed by atoms with Crippen LogP contribution in [0.5, 0.6) is 0 Å². The number of alkyl halides is 6. The van der Waals surface area contributed by atoms with Gasteiger partial charge in [0.2, 0.25) is 0 Å². The van der Waals surface area contributed by atoms with E-state index in [0.29, 0.717) is 12.7 Å². The number of nitriles is 1. The Morgan fingerprint density at radius 3 is 2.41 bits per heavy atom. The van der Waals surface area contributed by atoms with Gasteiger partial charge in [-0.3, -0.25) is 4.79 Å². The number of halogens is 7. The van der Waals surface area contributed by atoms with Gasteiger partial charge in [-0.1, -0.05) is 18.5 Å². The van der Waals surface area contributed by atoms with Crippen molar-refractivity contribution in [2.45, 2.75) is 32.6 Å². The van der Waals surface area contributed by atoms with Crippen LogP contribution >= 0.6 is 11.6 Å². The van der Waals surface area contributed by atoms with E-state index in [2.05, 4.69) is 10.4 Å². The Morgan fingerprint density at radius 2 is 1.91 bits per heavy atom. The van der Waals surface area contributed by atoms with Gasteiger partial charge in [-0.2, -0.15) is 36.7 Å². The topological polar surface area (TPSA) is 79.9 Å². The lowest BCUT2D eigenvalue weighted by molar-refractivity contribution is -0.137. The number of aromatic nitrogens is 2. The molecule has 0 radical (unpaired) electrons. The van der Waals surface area contributed by atoms with Crippen LogP contribution in [0, 0.1) is 11.3 Å². The number of carbonyl (C=O) groups is 1. The summed E-state index contributed by atoms with van der Waals surface area (Å²) in [4.78, 5) is 12.0. The van der Waals surface area contributed by atoms with Crippen LogP contribution in [-0.4, -0.2) is 41.5 Å². The highest BCUT2D eigenvalue weighted by atomic mass is 35.5. The number of anilines is 1. The highest BCUT2D eigenvalue weighted by Crippen LogP contribution is 2.38. The minimum absolute atomic E-state index is 0.00164. The molecule has 0 aliphatic rings. The first-order valence-corrected chi connectivity index (χ1v) is 9.60. The van der Waals surface area contributed by atoms with Crippen molar-refractivity contribution in [3.63, 3.8) is 0 Å². The minimum Gasteiger partial charge on any atom is -0.380 e. The Kier molecular flexibility index (Phi) is 7.79. The van der Waals surface area contributed by atoms with E-state index < -0.39 is 45.8 Å². The van der Waals surface area contributed by atoms with Gasteiger partial charge in [0.25, 0.3) is 5.78 Å². The molecule has 0 aliphatic heterocycles. The second-order valence-electron chi connectivity index (χ2n) is 6.36. The molecule has 0 aliphatic carbocycles. The van der Waals surface area contributed by atoms with E-state index in [-0.39, 0.29) is 30.8 Å². The van der Waals surface area contributed by atoms with Crippen LogP contribution in [0.4, 0.5) is 32.2 Å². The molecule has 1 aromatic carbocycles. The lowest BCUT2D eigenvalue weighted by Gasteiger charge is -2.18. The van der Waals surface area contributed by atoms with Crippen molar-refractivity contribution in [3.05, 3.63) is 39.5 Å². The fraction of sp³-hybridized carbons (Fsp3) is 0.421. The summed E-state index contributed by atoms with van der Waals surface area (Å²) in [5.74, 6) is -2.86. The van der Waals surface area contributed by atoms with E-state index in [1.54, 1.807) is 6.92 Å². The molecule has 0 fully saturated rings. The zero-order chi connectivity index (χ0) is 24.3. The third-order valence-corrected chi connectivity index (χ3v) is 4.57. The predicted molar refractivity (Wildman–Crippen MR) is 103 cm³/mol. The normalized spacial score (nSPS) is 12.0. The van der Waals surface area contributed by atoms with Crippen molar-refractivity contribution < 1.29 is 35.9 Å². The van der Waals surface area contributed by atoms with Gasteiger partial charge in [-0.15, -0.1) is 0 Å². The van der Waals surface area contributed by atoms with Crippen LogP contribution in [-0.2, 0) is 17.3 Å². The second-order valence-corrected chi connectivity index (χ2v) is 6.77. The molecule has 0 saturated heterocycles. The number of aryl methyl sites for hydroxylation is 1. The molecule has 1 N–H and O–H groups in total. The average Bonchev–Trinajstić information content (AvgIpc) is 3.06. The maximum Gasteiger partial charge on any atom is 0.455 e. The molecule has 6 nitrogen and oxygen atoms in total. The molecular formula is C19H17ClF6N4O2. The van der Waals surface area contributed by atoms with Gasteiger partial charge in [0.1, 0.15) is 17.5 Å². The van der Waals surface area contributed by atoms with Gasteiger partial charge in [0, 0.05) is 13.2 Å². The quantitative estimate of drug-likeness (QED) is 0.319. The third kappa shape index (κ3) is 5.34. The lowest BCUT2D eigenvalue weighted by atomic mass is 10.1. The van der Waals surface area contributed by atoms with Crippen molar-refractivity contribution in [3.8, 4) is 11.8 Å². The maximum absolute atomic E-state index is 13.2. The molecule has 2 aromatic rings. The molecule has 0 atom stereocenters. The van der Waals surface area contributed by atoms with E-state index >= 15 is 0 Å². The largest absolute Gasteiger partial charge is 0.455 e. The van der Waals surface area contributed by atoms with Gasteiger partial charge in [-0.25, -0.2) is 4.68 Å². The molecule has 13 heteroatoms. The molecule has 1 aromatic heterocycles. The minimum atomic E-state index is -5.33. The van der Waals surface area contributed by atoms with Crippen molar-refractivity contribution in [1.82, 2.24) is 9.78 Å². The first-order valence-electron chi connectivity index (χ1n) is 9.22. The molecule has 0 saturated carbocycles. The summed E-state index contributed by atoms with van der Waals surface area (Å²) in [6, 6.07) is 2.80. The molecule has 174 valence electrons. The van der Waals surface area contributed by atoms with Gasteiger partial charge >= 0.3 is 12.4 Å². The number of hydrogen-bond donors (Lipinski definition) is 1. The lowest BCUT2D eigenvalue weighted by Crippen LogP contribution is -2.25. The first kappa shape index (κ1) is 25.5. The monoisotopic (exact) mass is 482 g/mol. The number of hydrogen-bond acceptors (Lipinski definition) is 5. The van der Waals surface area contributed by atoms with Crippen LogP contribution in [0.1, 0.15) is 41.0 Å². The SMILES string of the molecule is CCOCCNc1c(C(=O)C(F)(F)F)c(C#N)nn1-c1c(Cl)cc(C(F)(F)F)cc1CC. The molecule has 2 rings (SSSR count). The number of rotatable bonds is 8. The Morgan fingerprint density at radius 1 is 1.25 bits per heavy atom. The van der Waals surface area contributed by atoms with E-state index in [1.807, 2.05) is 0 Å². The zero-order valence-corrected chi connectivity index (χ0v) is 17.5. The Labute approximate surface area is 183 Å². The van der Waals surface area contributed by atoms with E-state index in [9.17, 15) is 36.4 Å². The Hall–Kier alpha value is -2.78. The summed E-state index contributed by atoms with van der Waals surface area (Å²) < 4.78 is 85.0. The van der Waals surface area contributed by atoms with Crippen LogP contribution in [0.15, 0.2) is 12.1 Å². The summed E-state index contributed by atoms with van der Waals surface area (Å²) in [5.41, 5.74) is -3.17. The van der Waals surface area contributed by atoms with E-state index in [0.717, 1.165) is 10.7 Å². The maximum atomic E-state index is 13.2. The predicted octanol–water partition coefficient (Wildman–Crippen LogP) is 5.17. The fourth-order valence-corrected chi connectivity index (χ4v) is 3.21. The second kappa shape index (κ2) is 9.79. The number of nitrogens with zero attached hydrogens (tertiary/aromatic N) is 3. The molecule has 0 bridgehead atoms. The standard InChI is InChI=1S/C19H17ClF6N4O2/c1-3-10-7-11(18(21,22)23)8-12(20)15(10)30-17(28-5-6-32-4-2)14(13(9-27)29-30)16(31)19(24,25)26/h7-8,28H,3-6H2,1-2H3. The van der Waals surface area contributed by atoms with Crippen LogP contribution in [0.3, 0.4) is 0 Å². The number of ether oxygens (including phenoxy) is 1. The van der Waals surface area contributed by atoms with E-state index in [4.69, 9.17) is 16.3 Å². The molecule has 1 heterocycles. The fourth-order valence-electron chi connectivity index (χ4n) is 2.89. The summed E-state index contributed by atoms with van der Waals surface area (Å²) >= 11 is 6.08. The Bertz CT molecular complexity index is 1040. The number of benzene rings is 1. The van der Waals surface area contributed by atoms with Crippen molar-refractivity contribution in [2.75, 3.05) is 25.1 Å². The van der Waals surface area contributed by atoms with Crippen LogP contribution < -0.4 is 5.32 Å². The van der Waals surface area contributed by atoms with E-state index in [1.165, 1.54) is 13.0 Å². The highest BCUT2D eigenvalue weighted by molar-refractivity contribution is 6.32. The van der Waals surface area contributed by atoms with Gasteiger partial charge < -0.3 is 10.1 Å². The molecule has 0 amide bonds. The molecular weight excluding hydrogens is 466 g/mol. The number of carbonyl (C=O) groups excluding carboxylic acids is 1.